The predicted octanol–water partition coefficient (Wildman–Crippen LogP) is 1.53. The standard InChI is InChI=1S/C10H12N4O4S/c1-10(11,5-17-2)9-12-8(18-13-9)6-3-4-7(19-6)14(15)16/h3-4H,5,11H2,1-2H3. The van der Waals surface area contributed by atoms with Gasteiger partial charge in [-0.3, -0.25) is 10.1 Å². The third kappa shape index (κ3) is 2.78. The molecule has 2 rings (SSSR count). The van der Waals surface area contributed by atoms with Crippen molar-refractivity contribution in [1.82, 2.24) is 10.1 Å². The van der Waals surface area contributed by atoms with E-state index in [9.17, 15) is 10.1 Å². The summed E-state index contributed by atoms with van der Waals surface area (Å²) in [4.78, 5) is 14.8. The summed E-state index contributed by atoms with van der Waals surface area (Å²) >= 11 is 0.964. The molecular formula is C10H12N4O4S. The van der Waals surface area contributed by atoms with Gasteiger partial charge in [-0.1, -0.05) is 16.5 Å². The van der Waals surface area contributed by atoms with Crippen molar-refractivity contribution in [2.24, 2.45) is 5.73 Å². The van der Waals surface area contributed by atoms with E-state index in [-0.39, 0.29) is 17.5 Å². The van der Waals surface area contributed by atoms with Gasteiger partial charge in [-0.2, -0.15) is 4.98 Å². The fourth-order valence-electron chi connectivity index (χ4n) is 1.46. The number of nitro groups is 1. The maximum atomic E-state index is 10.6. The summed E-state index contributed by atoms with van der Waals surface area (Å²) in [6.07, 6.45) is 0. The number of nitrogens with zero attached hydrogens (tertiary/aromatic N) is 3. The molecule has 0 saturated heterocycles. The van der Waals surface area contributed by atoms with Gasteiger partial charge in [0.1, 0.15) is 5.54 Å². The number of rotatable bonds is 5. The van der Waals surface area contributed by atoms with E-state index >= 15 is 0 Å². The Labute approximate surface area is 112 Å². The van der Waals surface area contributed by atoms with Crippen LogP contribution in [0, 0.1) is 10.1 Å². The van der Waals surface area contributed by atoms with Crippen LogP contribution in [0.1, 0.15) is 12.7 Å². The molecule has 0 radical (unpaired) electrons. The van der Waals surface area contributed by atoms with Gasteiger partial charge >= 0.3 is 5.00 Å². The first-order valence-electron chi connectivity index (χ1n) is 5.30. The van der Waals surface area contributed by atoms with Crippen LogP contribution in [-0.2, 0) is 10.3 Å². The number of nitrogens with two attached hydrogens (primary N) is 1. The lowest BCUT2D eigenvalue weighted by atomic mass is 10.1. The van der Waals surface area contributed by atoms with Crippen LogP contribution < -0.4 is 5.73 Å². The zero-order valence-corrected chi connectivity index (χ0v) is 11.1. The van der Waals surface area contributed by atoms with Gasteiger partial charge in [0, 0.05) is 13.2 Å². The molecule has 2 heterocycles. The van der Waals surface area contributed by atoms with Crippen LogP contribution in [-0.4, -0.2) is 28.8 Å². The molecule has 9 heteroatoms. The molecule has 2 aromatic heterocycles. The molecule has 0 aromatic carbocycles. The third-order valence-electron chi connectivity index (χ3n) is 2.36. The van der Waals surface area contributed by atoms with E-state index in [1.54, 1.807) is 13.0 Å². The molecule has 0 amide bonds. The van der Waals surface area contributed by atoms with Crippen molar-refractivity contribution in [3.05, 3.63) is 28.1 Å². The van der Waals surface area contributed by atoms with Crippen LogP contribution in [0.4, 0.5) is 5.00 Å². The number of ether oxygens (including phenoxy) is 1. The van der Waals surface area contributed by atoms with E-state index in [0.29, 0.717) is 10.7 Å². The summed E-state index contributed by atoms with van der Waals surface area (Å²) in [5, 5.41) is 14.4. The highest BCUT2D eigenvalue weighted by Gasteiger charge is 2.28. The monoisotopic (exact) mass is 284 g/mol. The SMILES string of the molecule is COCC(C)(N)c1noc(-c2ccc([N+](=O)[O-])s2)n1. The summed E-state index contributed by atoms with van der Waals surface area (Å²) in [6, 6.07) is 2.95. The number of hydrogen-bond donors (Lipinski definition) is 1. The lowest BCUT2D eigenvalue weighted by Gasteiger charge is -2.18. The normalized spacial score (nSPS) is 14.3. The zero-order valence-electron chi connectivity index (χ0n) is 10.3. The minimum absolute atomic E-state index is 0.0159. The number of hydrogen-bond acceptors (Lipinski definition) is 8. The molecule has 0 spiro atoms. The molecule has 0 bridgehead atoms. The van der Waals surface area contributed by atoms with Gasteiger partial charge < -0.3 is 15.0 Å². The second-order valence-corrected chi connectivity index (χ2v) is 5.23. The lowest BCUT2D eigenvalue weighted by molar-refractivity contribution is -0.380. The van der Waals surface area contributed by atoms with E-state index in [4.69, 9.17) is 15.0 Å². The van der Waals surface area contributed by atoms with E-state index in [2.05, 4.69) is 10.1 Å². The Kier molecular flexibility index (Phi) is 3.60. The highest BCUT2D eigenvalue weighted by Crippen LogP contribution is 2.32. The van der Waals surface area contributed by atoms with Crippen LogP contribution in [0.3, 0.4) is 0 Å². The highest BCUT2D eigenvalue weighted by atomic mass is 32.1. The molecule has 0 fully saturated rings. The average Bonchev–Trinajstić information content (AvgIpc) is 2.98. The van der Waals surface area contributed by atoms with Crippen molar-refractivity contribution in [1.29, 1.82) is 0 Å². The number of aromatic nitrogens is 2. The molecule has 0 aliphatic carbocycles. The maximum absolute atomic E-state index is 10.6. The van der Waals surface area contributed by atoms with Gasteiger partial charge in [0.05, 0.1) is 16.4 Å². The molecule has 0 aliphatic heterocycles. The molecule has 1 atom stereocenters. The molecule has 102 valence electrons. The van der Waals surface area contributed by atoms with Gasteiger partial charge in [-0.15, -0.1) is 0 Å². The molecule has 2 aromatic rings. The van der Waals surface area contributed by atoms with Crippen LogP contribution in [0.5, 0.6) is 0 Å². The molecular weight excluding hydrogens is 272 g/mol. The predicted molar refractivity (Wildman–Crippen MR) is 67.7 cm³/mol. The van der Waals surface area contributed by atoms with Crippen molar-refractivity contribution in [2.45, 2.75) is 12.5 Å². The summed E-state index contributed by atoms with van der Waals surface area (Å²) < 4.78 is 10.0. The fourth-order valence-corrected chi connectivity index (χ4v) is 2.20. The summed E-state index contributed by atoms with van der Waals surface area (Å²) in [6.45, 7) is 1.94. The van der Waals surface area contributed by atoms with E-state index < -0.39 is 10.5 Å². The molecule has 8 nitrogen and oxygen atoms in total. The minimum atomic E-state index is -0.875. The average molecular weight is 284 g/mol. The summed E-state index contributed by atoms with van der Waals surface area (Å²) in [5.41, 5.74) is 5.10. The van der Waals surface area contributed by atoms with Crippen molar-refractivity contribution in [2.75, 3.05) is 13.7 Å². The van der Waals surface area contributed by atoms with E-state index in [1.807, 2.05) is 0 Å². The van der Waals surface area contributed by atoms with Crippen molar-refractivity contribution in [3.8, 4) is 10.8 Å². The van der Waals surface area contributed by atoms with Crippen LogP contribution in [0.15, 0.2) is 16.7 Å². The third-order valence-corrected chi connectivity index (χ3v) is 3.39. The topological polar surface area (TPSA) is 117 Å². The quantitative estimate of drug-likeness (QED) is 0.653. The van der Waals surface area contributed by atoms with Crippen molar-refractivity contribution < 1.29 is 14.2 Å². The Morgan fingerprint density at radius 2 is 2.37 bits per heavy atom. The van der Waals surface area contributed by atoms with Gasteiger partial charge in [-0.05, 0) is 13.0 Å². The second kappa shape index (κ2) is 5.03. The number of thiophene rings is 1. The minimum Gasteiger partial charge on any atom is -0.382 e. The van der Waals surface area contributed by atoms with Crippen LogP contribution in [0.2, 0.25) is 0 Å². The summed E-state index contributed by atoms with van der Waals surface area (Å²) in [7, 11) is 1.52. The van der Waals surface area contributed by atoms with Crippen LogP contribution in [0.25, 0.3) is 10.8 Å². The second-order valence-electron chi connectivity index (χ2n) is 4.17. The lowest BCUT2D eigenvalue weighted by Crippen LogP contribution is -2.38. The number of methoxy groups -OCH3 is 1. The maximum Gasteiger partial charge on any atom is 0.324 e. The van der Waals surface area contributed by atoms with Gasteiger partial charge in [0.25, 0.3) is 5.89 Å². The Balaban J connectivity index is 2.27. The first-order chi connectivity index (χ1) is 8.94. The van der Waals surface area contributed by atoms with Crippen LogP contribution >= 0.6 is 11.3 Å². The molecule has 1 unspecified atom stereocenters. The van der Waals surface area contributed by atoms with Gasteiger partial charge in [0.15, 0.2) is 5.82 Å². The Morgan fingerprint density at radius 3 is 2.95 bits per heavy atom. The zero-order chi connectivity index (χ0) is 14.0. The molecule has 0 saturated carbocycles. The molecule has 2 N–H and O–H groups in total. The first-order valence-corrected chi connectivity index (χ1v) is 6.12. The van der Waals surface area contributed by atoms with Gasteiger partial charge in [0.2, 0.25) is 0 Å². The molecule has 0 aliphatic rings. The largest absolute Gasteiger partial charge is 0.382 e. The fraction of sp³-hybridized carbons (Fsp3) is 0.400. The van der Waals surface area contributed by atoms with E-state index in [1.165, 1.54) is 13.2 Å². The summed E-state index contributed by atoms with van der Waals surface area (Å²) in [5.74, 6) is 0.501. The Morgan fingerprint density at radius 1 is 1.63 bits per heavy atom. The smallest absolute Gasteiger partial charge is 0.324 e. The molecule has 19 heavy (non-hydrogen) atoms. The van der Waals surface area contributed by atoms with Crippen molar-refractivity contribution >= 4 is 16.3 Å². The Hall–Kier alpha value is -1.84. The first kappa shape index (κ1) is 13.6. The van der Waals surface area contributed by atoms with Gasteiger partial charge in [-0.25, -0.2) is 0 Å². The van der Waals surface area contributed by atoms with Crippen molar-refractivity contribution in [3.63, 3.8) is 0 Å². The highest BCUT2D eigenvalue weighted by molar-refractivity contribution is 7.18. The van der Waals surface area contributed by atoms with E-state index in [0.717, 1.165) is 11.3 Å². The Bertz CT molecular complexity index is 592.